The predicted molar refractivity (Wildman–Crippen MR) is 245 cm³/mol. The van der Waals surface area contributed by atoms with Crippen LogP contribution in [-0.4, -0.2) is 129 Å². The maximum absolute atomic E-state index is 14.4. The van der Waals surface area contributed by atoms with Crippen LogP contribution in [0.25, 0.3) is 0 Å². The molecule has 16 atom stereocenters. The molecule has 14 nitrogen and oxygen atoms in total. The van der Waals surface area contributed by atoms with E-state index >= 15 is 0 Å². The lowest BCUT2D eigenvalue weighted by Crippen LogP contribution is -2.61. The number of aliphatic hydroxyl groups is 5. The van der Waals surface area contributed by atoms with Gasteiger partial charge in [0.05, 0.1) is 36.9 Å². The third-order valence-corrected chi connectivity index (χ3v) is 15.1. The van der Waals surface area contributed by atoms with Gasteiger partial charge in [-0.1, -0.05) is 71.9 Å². The highest BCUT2D eigenvalue weighted by Gasteiger charge is 2.53. The highest BCUT2D eigenvalue weighted by Crippen LogP contribution is 2.38. The fraction of sp³-hybridized carbons (Fsp3) is 0.784. The van der Waals surface area contributed by atoms with E-state index < -0.39 is 96.2 Å². The number of ketones is 3. The van der Waals surface area contributed by atoms with Crippen LogP contribution in [0.15, 0.2) is 36.0 Å². The van der Waals surface area contributed by atoms with Gasteiger partial charge >= 0.3 is 5.97 Å². The zero-order valence-electron chi connectivity index (χ0n) is 40.3. The van der Waals surface area contributed by atoms with Crippen molar-refractivity contribution in [2.24, 2.45) is 53.3 Å². The summed E-state index contributed by atoms with van der Waals surface area (Å²) in [6.07, 6.45) is 11.1. The molecule has 1 saturated carbocycles. The summed E-state index contributed by atoms with van der Waals surface area (Å²) in [4.78, 5) is 71.7. The van der Waals surface area contributed by atoms with Gasteiger partial charge in [0.1, 0.15) is 23.7 Å². The minimum atomic E-state index is -2.44. The lowest BCUT2D eigenvalue weighted by molar-refractivity contribution is -0.265. The van der Waals surface area contributed by atoms with E-state index in [1.165, 1.54) is 4.90 Å². The number of hydrogen-bond donors (Lipinski definition) is 5. The van der Waals surface area contributed by atoms with Crippen molar-refractivity contribution in [3.8, 4) is 0 Å². The van der Waals surface area contributed by atoms with Gasteiger partial charge in [0.2, 0.25) is 5.79 Å². The van der Waals surface area contributed by atoms with E-state index in [2.05, 4.69) is 0 Å². The van der Waals surface area contributed by atoms with Crippen molar-refractivity contribution in [1.82, 2.24) is 4.90 Å². The van der Waals surface area contributed by atoms with Gasteiger partial charge in [-0.2, -0.15) is 0 Å². The van der Waals surface area contributed by atoms with Crippen LogP contribution in [0.1, 0.15) is 132 Å². The Bertz CT molecular complexity index is 1690. The quantitative estimate of drug-likeness (QED) is 0.166. The highest BCUT2D eigenvalue weighted by atomic mass is 16.6. The molecule has 0 aromatic heterocycles. The van der Waals surface area contributed by atoms with Gasteiger partial charge < -0.3 is 44.6 Å². The molecule has 2 bridgehead atoms. The lowest BCUT2D eigenvalue weighted by Gasteiger charge is -2.42. The van der Waals surface area contributed by atoms with Crippen LogP contribution in [0, 0.1) is 53.3 Å². The molecule has 3 fully saturated rings. The van der Waals surface area contributed by atoms with E-state index in [9.17, 15) is 49.5 Å². The molecular weight excluding hydrogens is 835 g/mol. The summed E-state index contributed by atoms with van der Waals surface area (Å²) in [5.41, 5.74) is 0.870. The zero-order valence-corrected chi connectivity index (χ0v) is 40.3. The Hall–Kier alpha value is -3.11. The number of Topliss-reactive ketones (excluding diaryl/α,β-unsaturated/α-hetero) is 3. The summed E-state index contributed by atoms with van der Waals surface area (Å²) >= 11 is 0. The minimum absolute atomic E-state index is 0.00294. The van der Waals surface area contributed by atoms with Crippen molar-refractivity contribution < 1.29 is 63.7 Å². The van der Waals surface area contributed by atoms with Gasteiger partial charge in [0.25, 0.3) is 11.7 Å². The van der Waals surface area contributed by atoms with Crippen molar-refractivity contribution in [2.75, 3.05) is 26.9 Å². The van der Waals surface area contributed by atoms with Crippen molar-refractivity contribution in [2.45, 2.75) is 174 Å². The molecule has 3 heterocycles. The third-order valence-electron chi connectivity index (χ3n) is 15.1. The molecule has 0 spiro atoms. The normalized spacial score (nSPS) is 39.6. The molecule has 65 heavy (non-hydrogen) atoms. The summed E-state index contributed by atoms with van der Waals surface area (Å²) < 4.78 is 18.2. The second-order valence-corrected chi connectivity index (χ2v) is 20.4. The molecule has 4 aliphatic rings. The van der Waals surface area contributed by atoms with E-state index in [0.717, 1.165) is 5.57 Å². The first-order valence-corrected chi connectivity index (χ1v) is 24.4. The maximum Gasteiger partial charge on any atom is 0.329 e. The van der Waals surface area contributed by atoms with E-state index in [1.54, 1.807) is 34.8 Å². The molecule has 0 radical (unpaired) electrons. The fourth-order valence-electron chi connectivity index (χ4n) is 10.7. The SMILES string of the molecule is CO[C@H]1C[C@@H]2CC[C@@H](C)[C@](O)(O2)C(=O)C(=O)N2CCCC[C@H]2C(=O)O[C@H]([C@H](C)C[C@@H]2CC[C@@H](O)[C@H](CO)C2)CC(=O)[C@H](C)CC(C)[C@@H](O)[C@@H](CO)C(=O)[C@H](C)C[C@H](C)/C=C/C=CC=C1C. The van der Waals surface area contributed by atoms with Crippen LogP contribution in [-0.2, 0) is 38.2 Å². The van der Waals surface area contributed by atoms with Gasteiger partial charge in [0, 0.05) is 56.8 Å². The van der Waals surface area contributed by atoms with E-state index in [-0.39, 0.29) is 67.7 Å². The number of rotatable bonds is 6. The van der Waals surface area contributed by atoms with Gasteiger partial charge in [-0.25, -0.2) is 4.79 Å². The summed E-state index contributed by atoms with van der Waals surface area (Å²) in [5.74, 6) is -9.79. The molecule has 1 aliphatic carbocycles. The predicted octanol–water partition coefficient (Wildman–Crippen LogP) is 5.45. The van der Waals surface area contributed by atoms with Crippen LogP contribution in [0.4, 0.5) is 0 Å². The van der Waals surface area contributed by atoms with Gasteiger partial charge in [-0.15, -0.1) is 0 Å². The largest absolute Gasteiger partial charge is 0.460 e. The monoisotopic (exact) mass is 916 g/mol. The standard InChI is InChI=1S/C51H81NO13/c1-30-14-10-9-11-15-31(2)44(63-8)26-39-19-17-36(7)51(62,65-39)48(59)49(60)52-21-13-12-16-41(52)50(61)64-45(33(4)24-37-18-20-42(55)38(25-37)28-53)27-43(56)32(3)23-35(6)47(58)40(29-54)46(57)34(5)22-30/h9-11,14-15,30,32-42,44-45,47,53-55,58,62H,12-13,16-29H2,1-8H3/b11-9?,14-10+,31-15?/t30-,32-,33-,34-,35?,36-,37+,38+,39+,40+,41+,42-,44+,45+,47-,51+/m1/s1. The molecule has 0 aromatic rings. The van der Waals surface area contributed by atoms with Gasteiger partial charge in [0.15, 0.2) is 0 Å². The number of amides is 1. The second kappa shape index (κ2) is 25.3. The summed E-state index contributed by atoms with van der Waals surface area (Å²) in [5, 5.41) is 54.1. The molecule has 4 rings (SSSR count). The second-order valence-electron chi connectivity index (χ2n) is 20.4. The number of esters is 1. The van der Waals surface area contributed by atoms with Crippen molar-refractivity contribution in [3.05, 3.63) is 36.0 Å². The van der Waals surface area contributed by atoms with E-state index in [4.69, 9.17) is 14.2 Å². The Morgan fingerprint density at radius 1 is 0.862 bits per heavy atom. The van der Waals surface area contributed by atoms with Gasteiger partial charge in [-0.3, -0.25) is 19.2 Å². The maximum atomic E-state index is 14.4. The highest BCUT2D eigenvalue weighted by molar-refractivity contribution is 6.39. The Morgan fingerprint density at radius 3 is 2.26 bits per heavy atom. The molecule has 2 saturated heterocycles. The number of cyclic esters (lactones) is 1. The number of carbonyl (C=O) groups is 5. The number of carbonyl (C=O) groups excluding carboxylic acids is 5. The molecule has 14 heteroatoms. The van der Waals surface area contributed by atoms with Crippen LogP contribution >= 0.6 is 0 Å². The van der Waals surface area contributed by atoms with Crippen molar-refractivity contribution in [1.29, 1.82) is 0 Å². The molecular formula is C51H81NO13. The van der Waals surface area contributed by atoms with Crippen molar-refractivity contribution in [3.63, 3.8) is 0 Å². The van der Waals surface area contributed by atoms with Crippen LogP contribution in [0.2, 0.25) is 0 Å². The fourth-order valence-corrected chi connectivity index (χ4v) is 10.7. The Labute approximate surface area is 387 Å². The Balaban J connectivity index is 1.68. The van der Waals surface area contributed by atoms with Crippen molar-refractivity contribution >= 4 is 29.2 Å². The van der Waals surface area contributed by atoms with Crippen LogP contribution in [0.5, 0.6) is 0 Å². The number of aliphatic hydroxyl groups excluding tert-OH is 4. The minimum Gasteiger partial charge on any atom is -0.460 e. The number of hydrogen-bond acceptors (Lipinski definition) is 13. The van der Waals surface area contributed by atoms with E-state index in [0.29, 0.717) is 64.2 Å². The van der Waals surface area contributed by atoms with Crippen LogP contribution in [0.3, 0.4) is 0 Å². The smallest absolute Gasteiger partial charge is 0.329 e. The number of methoxy groups -OCH3 is 1. The summed E-state index contributed by atoms with van der Waals surface area (Å²) in [6, 6.07) is -1.15. The number of nitrogens with zero attached hydrogens (tertiary/aromatic N) is 1. The number of ether oxygens (including phenoxy) is 3. The van der Waals surface area contributed by atoms with E-state index in [1.807, 2.05) is 51.2 Å². The molecule has 5 N–H and O–H groups in total. The molecule has 368 valence electrons. The topological polar surface area (TPSA) is 217 Å². The lowest BCUT2D eigenvalue weighted by atomic mass is 9.75. The number of fused-ring (bicyclic) bond motifs is 3. The van der Waals surface area contributed by atoms with Crippen LogP contribution < -0.4 is 0 Å². The number of piperidine rings is 1. The Kier molecular flexibility index (Phi) is 21.2. The third kappa shape index (κ3) is 14.4. The van der Waals surface area contributed by atoms with Gasteiger partial charge in [-0.05, 0) is 107 Å². The molecule has 1 unspecified atom stereocenters. The molecule has 3 aliphatic heterocycles. The zero-order chi connectivity index (χ0) is 48.2. The summed E-state index contributed by atoms with van der Waals surface area (Å²) in [6.45, 7) is 12.1. The first kappa shape index (κ1) is 54.5. The Morgan fingerprint density at radius 2 is 1.58 bits per heavy atom. The summed E-state index contributed by atoms with van der Waals surface area (Å²) in [7, 11) is 1.57. The average molecular weight is 916 g/mol. The molecule has 1 amide bonds. The molecule has 0 aromatic carbocycles. The number of allylic oxidation sites excluding steroid dienone is 5. The first-order chi connectivity index (χ1) is 30.7. The average Bonchev–Trinajstić information content (AvgIpc) is 3.28. The first-order valence-electron chi connectivity index (χ1n) is 24.4.